The first-order chi connectivity index (χ1) is 7.94. The number of hydrogen-bond donors (Lipinski definition) is 1. The van der Waals surface area contributed by atoms with Gasteiger partial charge in [0.1, 0.15) is 12.8 Å². The van der Waals surface area contributed by atoms with Crippen molar-refractivity contribution >= 4 is 16.7 Å². The summed E-state index contributed by atoms with van der Waals surface area (Å²) in [7, 11) is -4.08. The molecule has 0 aromatic heterocycles. The predicted molar refractivity (Wildman–Crippen MR) is 63.7 cm³/mol. The van der Waals surface area contributed by atoms with Crippen LogP contribution in [0.1, 0.15) is 6.92 Å². The Balaban J connectivity index is 2.44. The first kappa shape index (κ1) is 14.1. The second-order valence-electron chi connectivity index (χ2n) is 3.64. The Morgan fingerprint density at radius 2 is 2.41 bits per heavy atom. The van der Waals surface area contributed by atoms with Gasteiger partial charge in [0.2, 0.25) is 0 Å². The van der Waals surface area contributed by atoms with E-state index in [1.165, 1.54) is 12.4 Å². The normalized spacial score (nSPS) is 19.3. The van der Waals surface area contributed by atoms with Gasteiger partial charge in [-0.05, 0) is 6.92 Å². The molecule has 2 unspecified atom stereocenters. The van der Waals surface area contributed by atoms with Gasteiger partial charge in [-0.15, -0.1) is 6.58 Å². The highest BCUT2D eigenvalue weighted by molar-refractivity contribution is 7.81. The Morgan fingerprint density at radius 1 is 1.71 bits per heavy atom. The molecule has 0 aromatic rings. The van der Waals surface area contributed by atoms with E-state index in [9.17, 15) is 8.42 Å². The summed E-state index contributed by atoms with van der Waals surface area (Å²) in [5.74, 6) is 0. The molecule has 1 rings (SSSR count). The molecular weight excluding hydrogens is 246 g/mol. The van der Waals surface area contributed by atoms with Crippen LogP contribution in [-0.4, -0.2) is 51.6 Å². The topological polar surface area (TPSA) is 94.2 Å². The van der Waals surface area contributed by atoms with Crippen molar-refractivity contribution in [1.29, 1.82) is 0 Å². The quantitative estimate of drug-likeness (QED) is 0.620. The minimum absolute atomic E-state index is 0.116. The minimum Gasteiger partial charge on any atom is -0.337 e. The molecule has 0 aliphatic carbocycles. The molecular formula is C9H17N3O4S. The van der Waals surface area contributed by atoms with E-state index in [0.29, 0.717) is 13.1 Å². The summed E-state index contributed by atoms with van der Waals surface area (Å²) < 4.78 is 32.3. The van der Waals surface area contributed by atoms with Gasteiger partial charge in [0.25, 0.3) is 0 Å². The maximum atomic E-state index is 11.4. The monoisotopic (exact) mass is 263 g/mol. The van der Waals surface area contributed by atoms with Gasteiger partial charge >= 0.3 is 10.4 Å². The van der Waals surface area contributed by atoms with Crippen LogP contribution in [0.25, 0.3) is 0 Å². The average molecular weight is 263 g/mol. The number of hydrogen-bond acceptors (Lipinski definition) is 7. The molecule has 7 nitrogen and oxygen atoms in total. The van der Waals surface area contributed by atoms with Crippen LogP contribution in [0.5, 0.6) is 0 Å². The van der Waals surface area contributed by atoms with Gasteiger partial charge < -0.3 is 10.6 Å². The van der Waals surface area contributed by atoms with Gasteiger partial charge in [-0.1, -0.05) is 6.08 Å². The Morgan fingerprint density at radius 3 is 2.88 bits per heavy atom. The SMILES string of the molecule is C=CC(OS(=O)(=O)OCN1C=NCC1)C(C)N. The second-order valence-corrected chi connectivity index (χ2v) is 4.89. The zero-order chi connectivity index (χ0) is 12.9. The summed E-state index contributed by atoms with van der Waals surface area (Å²) in [5.41, 5.74) is 5.52. The molecule has 17 heavy (non-hydrogen) atoms. The molecule has 8 heteroatoms. The van der Waals surface area contributed by atoms with Crippen molar-refractivity contribution in [1.82, 2.24) is 4.90 Å². The molecule has 2 N–H and O–H groups in total. The molecule has 0 bridgehead atoms. The van der Waals surface area contributed by atoms with Crippen LogP contribution < -0.4 is 5.73 Å². The highest BCUT2D eigenvalue weighted by Crippen LogP contribution is 2.07. The molecule has 0 saturated heterocycles. The highest BCUT2D eigenvalue weighted by Gasteiger charge is 2.22. The van der Waals surface area contributed by atoms with E-state index in [1.54, 1.807) is 11.8 Å². The smallest absolute Gasteiger partial charge is 0.337 e. The van der Waals surface area contributed by atoms with Crippen molar-refractivity contribution in [3.63, 3.8) is 0 Å². The summed E-state index contributed by atoms with van der Waals surface area (Å²) in [4.78, 5) is 5.54. The molecule has 0 amide bonds. The molecule has 0 radical (unpaired) electrons. The van der Waals surface area contributed by atoms with Gasteiger partial charge in [0.15, 0.2) is 0 Å². The van der Waals surface area contributed by atoms with Crippen LogP contribution in [-0.2, 0) is 18.8 Å². The van der Waals surface area contributed by atoms with Crippen LogP contribution in [0.4, 0.5) is 0 Å². The van der Waals surface area contributed by atoms with Gasteiger partial charge in [0.05, 0.1) is 12.9 Å². The molecule has 0 fully saturated rings. The molecule has 1 aliphatic rings. The van der Waals surface area contributed by atoms with Crippen LogP contribution >= 0.6 is 0 Å². The van der Waals surface area contributed by atoms with Crippen molar-refractivity contribution in [2.45, 2.75) is 19.1 Å². The van der Waals surface area contributed by atoms with Crippen molar-refractivity contribution in [2.75, 3.05) is 19.8 Å². The third kappa shape index (κ3) is 4.82. The van der Waals surface area contributed by atoms with E-state index in [4.69, 9.17) is 9.92 Å². The molecule has 0 spiro atoms. The van der Waals surface area contributed by atoms with E-state index in [0.717, 1.165) is 0 Å². The first-order valence-corrected chi connectivity index (χ1v) is 6.48. The molecule has 1 aliphatic heterocycles. The number of aliphatic imine (C=N–C) groups is 1. The van der Waals surface area contributed by atoms with Gasteiger partial charge in [-0.25, -0.2) is 8.37 Å². The molecule has 0 aromatic carbocycles. The summed E-state index contributed by atoms with van der Waals surface area (Å²) in [6, 6.07) is -0.487. The summed E-state index contributed by atoms with van der Waals surface area (Å²) in [6.07, 6.45) is 2.06. The lowest BCUT2D eigenvalue weighted by molar-refractivity contribution is 0.138. The van der Waals surface area contributed by atoms with E-state index < -0.39 is 22.5 Å². The number of nitrogens with two attached hydrogens (primary N) is 1. The molecule has 98 valence electrons. The van der Waals surface area contributed by atoms with Crippen molar-refractivity contribution in [2.24, 2.45) is 10.7 Å². The Labute approximate surface area is 101 Å². The largest absolute Gasteiger partial charge is 0.402 e. The zero-order valence-corrected chi connectivity index (χ0v) is 10.5. The average Bonchev–Trinajstić information content (AvgIpc) is 2.76. The van der Waals surface area contributed by atoms with Crippen LogP contribution in [0.3, 0.4) is 0 Å². The fourth-order valence-electron chi connectivity index (χ4n) is 1.15. The zero-order valence-electron chi connectivity index (χ0n) is 9.65. The Bertz CT molecular complexity index is 380. The van der Waals surface area contributed by atoms with Gasteiger partial charge in [-0.3, -0.25) is 4.99 Å². The standard InChI is InChI=1S/C9H17N3O4S/c1-3-9(8(2)10)16-17(13,14)15-7-12-5-4-11-6-12/h3,6,8-9H,1,4-5,7,10H2,2H3. The Hall–Kier alpha value is -0.960. The lowest BCUT2D eigenvalue weighted by Crippen LogP contribution is -2.35. The third-order valence-corrected chi connectivity index (χ3v) is 2.96. The van der Waals surface area contributed by atoms with Crippen LogP contribution in [0.15, 0.2) is 17.6 Å². The fourth-order valence-corrected chi connectivity index (χ4v) is 2.00. The minimum atomic E-state index is -4.08. The van der Waals surface area contributed by atoms with E-state index >= 15 is 0 Å². The summed E-state index contributed by atoms with van der Waals surface area (Å²) in [6.45, 7) is 6.22. The van der Waals surface area contributed by atoms with E-state index in [2.05, 4.69) is 15.8 Å². The maximum absolute atomic E-state index is 11.4. The van der Waals surface area contributed by atoms with Gasteiger partial charge in [0, 0.05) is 12.6 Å². The predicted octanol–water partition coefficient (Wildman–Crippen LogP) is -0.532. The lowest BCUT2D eigenvalue weighted by Gasteiger charge is -2.18. The van der Waals surface area contributed by atoms with E-state index in [1.807, 2.05) is 0 Å². The lowest BCUT2D eigenvalue weighted by atomic mass is 10.2. The van der Waals surface area contributed by atoms with Crippen molar-refractivity contribution in [3.05, 3.63) is 12.7 Å². The number of rotatable bonds is 7. The molecule has 1 heterocycles. The van der Waals surface area contributed by atoms with Crippen molar-refractivity contribution in [3.8, 4) is 0 Å². The third-order valence-electron chi connectivity index (χ3n) is 2.10. The molecule has 0 saturated carbocycles. The summed E-state index contributed by atoms with van der Waals surface area (Å²) in [5, 5.41) is 0. The Kier molecular flexibility index (Phi) is 5.06. The second kappa shape index (κ2) is 6.10. The highest BCUT2D eigenvalue weighted by atomic mass is 32.3. The fraction of sp³-hybridized carbons (Fsp3) is 0.667. The summed E-state index contributed by atoms with van der Waals surface area (Å²) >= 11 is 0. The van der Waals surface area contributed by atoms with Crippen LogP contribution in [0, 0.1) is 0 Å². The molecule has 2 atom stereocenters. The van der Waals surface area contributed by atoms with Crippen LogP contribution in [0.2, 0.25) is 0 Å². The first-order valence-electron chi connectivity index (χ1n) is 5.14. The van der Waals surface area contributed by atoms with Gasteiger partial charge in [-0.2, -0.15) is 8.42 Å². The maximum Gasteiger partial charge on any atom is 0.402 e. The van der Waals surface area contributed by atoms with Crippen molar-refractivity contribution < 1.29 is 16.8 Å². The number of nitrogens with zero attached hydrogens (tertiary/aromatic N) is 2. The van der Waals surface area contributed by atoms with E-state index in [-0.39, 0.29) is 6.73 Å².